The number of hydrogen-bond acceptors (Lipinski definition) is 3. The van der Waals surface area contributed by atoms with E-state index in [0.29, 0.717) is 32.5 Å². The highest BCUT2D eigenvalue weighted by molar-refractivity contribution is 5.85. The van der Waals surface area contributed by atoms with Crippen LogP contribution in [0.25, 0.3) is 10.9 Å². The molecule has 0 saturated carbocycles. The minimum Gasteiger partial charge on any atom is -0.494 e. The maximum absolute atomic E-state index is 13.9. The van der Waals surface area contributed by atoms with Crippen LogP contribution in [0.3, 0.4) is 0 Å². The zero-order valence-corrected chi connectivity index (χ0v) is 24.1. The number of nitrogens with zero attached hydrogens (tertiary/aromatic N) is 2. The number of aromatic amines is 1. The van der Waals surface area contributed by atoms with Crippen LogP contribution < -0.4 is 4.74 Å². The molecule has 2 amide bonds. The number of halogens is 1. The lowest BCUT2D eigenvalue weighted by Crippen LogP contribution is -2.43. The molecule has 0 radical (unpaired) electrons. The van der Waals surface area contributed by atoms with Gasteiger partial charge >= 0.3 is 0 Å². The number of hydrogen-bond donors (Lipinski definition) is 1. The highest BCUT2D eigenvalue weighted by Gasteiger charge is 2.22. The highest BCUT2D eigenvalue weighted by Crippen LogP contribution is 2.20. The first-order chi connectivity index (χ1) is 20.0. The summed E-state index contributed by atoms with van der Waals surface area (Å²) >= 11 is 0. The summed E-state index contributed by atoms with van der Waals surface area (Å²) in [5, 5.41) is 1.14. The van der Waals surface area contributed by atoms with E-state index in [1.807, 2.05) is 60.5 Å². The van der Waals surface area contributed by atoms with Gasteiger partial charge in [-0.1, -0.05) is 62.2 Å². The Morgan fingerprint density at radius 3 is 2.22 bits per heavy atom. The number of unbranched alkanes of at least 4 members (excludes halogenated alkanes) is 2. The van der Waals surface area contributed by atoms with Crippen LogP contribution in [0.4, 0.5) is 4.39 Å². The van der Waals surface area contributed by atoms with Crippen molar-refractivity contribution in [2.75, 3.05) is 19.7 Å². The van der Waals surface area contributed by atoms with Crippen LogP contribution in [-0.4, -0.2) is 46.3 Å². The van der Waals surface area contributed by atoms with Gasteiger partial charge < -0.3 is 19.5 Å². The number of rotatable bonds is 15. The van der Waals surface area contributed by atoms with Gasteiger partial charge in [-0.25, -0.2) is 4.39 Å². The monoisotopic (exact) mass is 557 g/mol. The molecule has 0 unspecified atom stereocenters. The Morgan fingerprint density at radius 2 is 1.51 bits per heavy atom. The summed E-state index contributed by atoms with van der Waals surface area (Å²) in [7, 11) is 0. The van der Waals surface area contributed by atoms with Crippen molar-refractivity contribution < 1.29 is 18.7 Å². The van der Waals surface area contributed by atoms with E-state index in [1.54, 1.807) is 17.0 Å². The van der Waals surface area contributed by atoms with E-state index in [0.717, 1.165) is 52.6 Å². The summed E-state index contributed by atoms with van der Waals surface area (Å²) in [4.78, 5) is 33.9. The second kappa shape index (κ2) is 15.0. The molecule has 0 fully saturated rings. The molecule has 1 N–H and O–H groups in total. The van der Waals surface area contributed by atoms with Gasteiger partial charge in [0.25, 0.3) is 0 Å². The predicted octanol–water partition coefficient (Wildman–Crippen LogP) is 6.89. The number of benzene rings is 3. The summed E-state index contributed by atoms with van der Waals surface area (Å²) in [5.74, 6) is 0.277. The van der Waals surface area contributed by atoms with Crippen molar-refractivity contribution in [3.8, 4) is 5.75 Å². The molecule has 0 aliphatic rings. The Balaban J connectivity index is 1.53. The van der Waals surface area contributed by atoms with E-state index in [-0.39, 0.29) is 30.7 Å². The van der Waals surface area contributed by atoms with Crippen molar-refractivity contribution in [3.63, 3.8) is 0 Å². The van der Waals surface area contributed by atoms with Gasteiger partial charge in [-0.2, -0.15) is 0 Å². The van der Waals surface area contributed by atoms with Crippen LogP contribution in [0.5, 0.6) is 5.75 Å². The molecule has 4 aromatic rings. The first-order valence-electron chi connectivity index (χ1n) is 14.5. The van der Waals surface area contributed by atoms with Gasteiger partial charge in [0, 0.05) is 43.2 Å². The van der Waals surface area contributed by atoms with E-state index < -0.39 is 0 Å². The predicted molar refractivity (Wildman–Crippen MR) is 161 cm³/mol. The van der Waals surface area contributed by atoms with Crippen molar-refractivity contribution in [1.29, 1.82) is 0 Å². The summed E-state index contributed by atoms with van der Waals surface area (Å²) in [6.45, 7) is 5.77. The number of carbonyl (C=O) groups excluding carboxylic acids is 2. The lowest BCUT2D eigenvalue weighted by Gasteiger charge is -2.28. The van der Waals surface area contributed by atoms with Crippen LogP contribution in [-0.2, 0) is 29.1 Å². The Morgan fingerprint density at radius 1 is 0.829 bits per heavy atom. The van der Waals surface area contributed by atoms with Crippen LogP contribution >= 0.6 is 0 Å². The molecular formula is C34H40FN3O3. The third-order valence-corrected chi connectivity index (χ3v) is 7.25. The number of nitrogens with one attached hydrogen (secondary N) is 1. The maximum Gasteiger partial charge on any atom is 0.242 e. The second-order valence-corrected chi connectivity index (χ2v) is 10.3. The van der Waals surface area contributed by atoms with Crippen molar-refractivity contribution >= 4 is 22.7 Å². The van der Waals surface area contributed by atoms with Gasteiger partial charge in [0.1, 0.15) is 18.1 Å². The SMILES string of the molecule is CCCCCC(=O)N(CC(=O)N(CCc1c[nH]c2ccccc12)Cc1ccc(OCC)cc1)Cc1ccc(F)cc1. The minimum absolute atomic E-state index is 0.0345. The topological polar surface area (TPSA) is 65.6 Å². The molecule has 1 aromatic heterocycles. The van der Waals surface area contributed by atoms with Gasteiger partial charge in [0.15, 0.2) is 0 Å². The largest absolute Gasteiger partial charge is 0.494 e. The Hall–Kier alpha value is -4.13. The minimum atomic E-state index is -0.329. The molecule has 1 heterocycles. The number of amides is 2. The first-order valence-corrected chi connectivity index (χ1v) is 14.5. The fraction of sp³-hybridized carbons (Fsp3) is 0.353. The first kappa shape index (κ1) is 29.8. The third kappa shape index (κ3) is 8.68. The van der Waals surface area contributed by atoms with Gasteiger partial charge in [-0.15, -0.1) is 0 Å². The molecule has 216 valence electrons. The molecular weight excluding hydrogens is 517 g/mol. The van der Waals surface area contributed by atoms with Crippen molar-refractivity contribution in [2.24, 2.45) is 0 Å². The highest BCUT2D eigenvalue weighted by atomic mass is 19.1. The molecule has 7 heteroatoms. The molecule has 0 spiro atoms. The zero-order chi connectivity index (χ0) is 29.0. The smallest absolute Gasteiger partial charge is 0.242 e. The molecule has 4 rings (SSSR count). The standard InChI is InChI=1S/C34H40FN3O3/c1-3-5-6-11-33(39)38(24-26-12-16-29(35)17-13-26)25-34(40)37(23-27-14-18-30(19-15-27)41-4-2)21-20-28-22-36-32-10-8-7-9-31(28)32/h7-10,12-19,22,36H,3-6,11,20-21,23-25H2,1-2H3. The van der Waals surface area contributed by atoms with Crippen LogP contribution in [0.2, 0.25) is 0 Å². The summed E-state index contributed by atoms with van der Waals surface area (Å²) < 4.78 is 19.1. The van der Waals surface area contributed by atoms with Crippen molar-refractivity contribution in [3.05, 3.63) is 102 Å². The number of carbonyl (C=O) groups is 2. The Kier molecular flexibility index (Phi) is 10.9. The molecule has 0 aliphatic carbocycles. The average Bonchev–Trinajstić information content (AvgIpc) is 3.40. The van der Waals surface area contributed by atoms with Gasteiger partial charge in [0.05, 0.1) is 6.61 Å². The van der Waals surface area contributed by atoms with E-state index in [1.165, 1.54) is 12.1 Å². The molecule has 41 heavy (non-hydrogen) atoms. The Labute approximate surface area is 242 Å². The zero-order valence-electron chi connectivity index (χ0n) is 24.1. The van der Waals surface area contributed by atoms with Gasteiger partial charge in [-0.05, 0) is 66.8 Å². The van der Waals surface area contributed by atoms with Crippen molar-refractivity contribution in [1.82, 2.24) is 14.8 Å². The number of ether oxygens (including phenoxy) is 1. The number of para-hydroxylation sites is 1. The lowest BCUT2D eigenvalue weighted by molar-refractivity contribution is -0.141. The quantitative estimate of drug-likeness (QED) is 0.162. The van der Waals surface area contributed by atoms with E-state index in [2.05, 4.69) is 18.0 Å². The van der Waals surface area contributed by atoms with E-state index in [4.69, 9.17) is 4.74 Å². The molecule has 0 bridgehead atoms. The van der Waals surface area contributed by atoms with Crippen LogP contribution in [0, 0.1) is 5.82 Å². The maximum atomic E-state index is 13.9. The number of fused-ring (bicyclic) bond motifs is 1. The van der Waals surface area contributed by atoms with Gasteiger partial charge in [-0.3, -0.25) is 9.59 Å². The molecule has 0 aliphatic heterocycles. The molecule has 6 nitrogen and oxygen atoms in total. The fourth-order valence-corrected chi connectivity index (χ4v) is 4.95. The summed E-state index contributed by atoms with van der Waals surface area (Å²) in [6.07, 6.45) is 5.81. The van der Waals surface area contributed by atoms with E-state index >= 15 is 0 Å². The normalized spacial score (nSPS) is 11.0. The van der Waals surface area contributed by atoms with Crippen LogP contribution in [0.15, 0.2) is 79.0 Å². The van der Waals surface area contributed by atoms with Crippen LogP contribution in [0.1, 0.15) is 56.2 Å². The average molecular weight is 558 g/mol. The van der Waals surface area contributed by atoms with Crippen molar-refractivity contribution in [2.45, 2.75) is 59.0 Å². The second-order valence-electron chi connectivity index (χ2n) is 10.3. The molecule has 0 saturated heterocycles. The fourth-order valence-electron chi connectivity index (χ4n) is 4.95. The Bertz CT molecular complexity index is 1400. The summed E-state index contributed by atoms with van der Waals surface area (Å²) in [6, 6.07) is 22.0. The lowest BCUT2D eigenvalue weighted by atomic mass is 10.1. The van der Waals surface area contributed by atoms with Gasteiger partial charge in [0.2, 0.25) is 11.8 Å². The number of H-pyrrole nitrogens is 1. The molecule has 0 atom stereocenters. The summed E-state index contributed by atoms with van der Waals surface area (Å²) in [5.41, 5.74) is 3.99. The number of aromatic nitrogens is 1. The molecule has 3 aromatic carbocycles. The third-order valence-electron chi connectivity index (χ3n) is 7.25. The van der Waals surface area contributed by atoms with E-state index in [9.17, 15) is 14.0 Å².